The van der Waals surface area contributed by atoms with Gasteiger partial charge in [0.25, 0.3) is 0 Å². The van der Waals surface area contributed by atoms with Crippen LogP contribution in [0.4, 0.5) is 15.9 Å². The number of piperazine rings is 1. The van der Waals surface area contributed by atoms with E-state index in [9.17, 15) is 9.18 Å². The van der Waals surface area contributed by atoms with Crippen LogP contribution < -0.4 is 10.2 Å². The minimum atomic E-state index is -0.291. The molecule has 3 rings (SSSR count). The molecule has 1 aromatic heterocycles. The van der Waals surface area contributed by atoms with Crippen LogP contribution in [0.3, 0.4) is 0 Å². The molecule has 0 bridgehead atoms. The third-order valence-corrected chi connectivity index (χ3v) is 4.64. The topological polar surface area (TPSA) is 48.5 Å². The summed E-state index contributed by atoms with van der Waals surface area (Å²) < 4.78 is 13.9. The first-order valence-corrected chi connectivity index (χ1v) is 8.58. The molecule has 0 radical (unpaired) electrons. The van der Waals surface area contributed by atoms with E-state index in [2.05, 4.69) is 15.2 Å². The Kier molecular flexibility index (Phi) is 5.50. The summed E-state index contributed by atoms with van der Waals surface area (Å²) >= 11 is 5.79. The molecule has 1 saturated heterocycles. The molecule has 1 atom stereocenters. The Morgan fingerprint density at radius 1 is 1.20 bits per heavy atom. The number of halogens is 2. The smallest absolute Gasteiger partial charge is 0.242 e. The minimum Gasteiger partial charge on any atom is -0.367 e. The first-order chi connectivity index (χ1) is 12.0. The molecule has 0 unspecified atom stereocenters. The molecule has 25 heavy (non-hydrogen) atoms. The molecule has 5 nitrogen and oxygen atoms in total. The summed E-state index contributed by atoms with van der Waals surface area (Å²) in [5, 5.41) is 3.32. The molecule has 132 valence electrons. The summed E-state index contributed by atoms with van der Waals surface area (Å²) in [4.78, 5) is 20.6. The number of anilines is 2. The monoisotopic (exact) mass is 362 g/mol. The number of pyridine rings is 1. The number of carbonyl (C=O) groups excluding carboxylic acids is 1. The highest BCUT2D eigenvalue weighted by molar-refractivity contribution is 6.30. The van der Waals surface area contributed by atoms with Gasteiger partial charge in [-0.15, -0.1) is 0 Å². The SMILES string of the molecule is C[C@@H](C(=O)Nc1ccc(Cl)cn1)N1CCN(c2ccccc2F)CC1. The fourth-order valence-electron chi connectivity index (χ4n) is 2.90. The zero-order valence-electron chi connectivity index (χ0n) is 14.0. The number of para-hydroxylation sites is 1. The van der Waals surface area contributed by atoms with Crippen LogP contribution in [0.2, 0.25) is 5.02 Å². The normalized spacial score (nSPS) is 16.5. The van der Waals surface area contributed by atoms with Crippen molar-refractivity contribution >= 4 is 29.0 Å². The van der Waals surface area contributed by atoms with E-state index in [4.69, 9.17) is 11.6 Å². The van der Waals surface area contributed by atoms with E-state index in [-0.39, 0.29) is 17.8 Å². The summed E-state index contributed by atoms with van der Waals surface area (Å²) in [6, 6.07) is 9.84. The molecule has 7 heteroatoms. The molecule has 1 aliphatic heterocycles. The van der Waals surface area contributed by atoms with Gasteiger partial charge in [0, 0.05) is 32.4 Å². The summed E-state index contributed by atoms with van der Waals surface area (Å²) in [7, 11) is 0. The van der Waals surface area contributed by atoms with E-state index in [1.54, 1.807) is 24.3 Å². The number of carbonyl (C=O) groups is 1. The van der Waals surface area contributed by atoms with E-state index in [1.807, 2.05) is 17.9 Å². The average molecular weight is 363 g/mol. The molecule has 2 aromatic rings. The van der Waals surface area contributed by atoms with Gasteiger partial charge in [-0.3, -0.25) is 9.69 Å². The van der Waals surface area contributed by atoms with Gasteiger partial charge < -0.3 is 10.2 Å². The van der Waals surface area contributed by atoms with Gasteiger partial charge in [0.1, 0.15) is 11.6 Å². The first kappa shape index (κ1) is 17.6. The number of nitrogens with one attached hydrogen (secondary N) is 1. The molecule has 0 spiro atoms. The summed E-state index contributed by atoms with van der Waals surface area (Å²) in [5.41, 5.74) is 0.615. The highest BCUT2D eigenvalue weighted by Crippen LogP contribution is 2.21. The maximum Gasteiger partial charge on any atom is 0.242 e. The third kappa shape index (κ3) is 4.27. The van der Waals surface area contributed by atoms with Gasteiger partial charge >= 0.3 is 0 Å². The Bertz CT molecular complexity index is 732. The van der Waals surface area contributed by atoms with Gasteiger partial charge in [0.2, 0.25) is 5.91 Å². The molecule has 2 heterocycles. The number of hydrogen-bond donors (Lipinski definition) is 1. The Morgan fingerprint density at radius 2 is 1.92 bits per heavy atom. The standard InChI is InChI=1S/C18H20ClFN4O/c1-13(18(25)22-17-7-6-14(19)12-21-17)23-8-10-24(11-9-23)16-5-3-2-4-15(16)20/h2-7,12-13H,8-11H2,1H3,(H,21,22,25)/t13-/m0/s1. The lowest BCUT2D eigenvalue weighted by molar-refractivity contribution is -0.120. The van der Waals surface area contributed by atoms with Crippen LogP contribution in [0, 0.1) is 5.82 Å². The van der Waals surface area contributed by atoms with Crippen molar-refractivity contribution in [3.05, 3.63) is 53.4 Å². The van der Waals surface area contributed by atoms with Gasteiger partial charge in [-0.2, -0.15) is 0 Å². The van der Waals surface area contributed by atoms with Crippen molar-refractivity contribution in [2.75, 3.05) is 36.4 Å². The van der Waals surface area contributed by atoms with Gasteiger partial charge in [-0.25, -0.2) is 9.37 Å². The van der Waals surface area contributed by atoms with E-state index in [0.29, 0.717) is 42.7 Å². The van der Waals surface area contributed by atoms with Crippen molar-refractivity contribution in [3.63, 3.8) is 0 Å². The van der Waals surface area contributed by atoms with Crippen LogP contribution in [-0.2, 0) is 4.79 Å². The van der Waals surface area contributed by atoms with Crippen LogP contribution in [-0.4, -0.2) is 48.0 Å². The van der Waals surface area contributed by atoms with Crippen molar-refractivity contribution in [1.82, 2.24) is 9.88 Å². The number of rotatable bonds is 4. The second kappa shape index (κ2) is 7.80. The maximum atomic E-state index is 13.9. The van der Waals surface area contributed by atoms with Gasteiger partial charge in [0.15, 0.2) is 0 Å². The van der Waals surface area contributed by atoms with E-state index in [0.717, 1.165) is 0 Å². The maximum absolute atomic E-state index is 13.9. The number of benzene rings is 1. The van der Waals surface area contributed by atoms with Crippen LogP contribution in [0.5, 0.6) is 0 Å². The minimum absolute atomic E-state index is 0.117. The summed E-state index contributed by atoms with van der Waals surface area (Å²) in [5.74, 6) is 0.149. The molecule has 0 aliphatic carbocycles. The molecule has 1 amide bonds. The quantitative estimate of drug-likeness (QED) is 0.908. The van der Waals surface area contributed by atoms with Gasteiger partial charge in [-0.05, 0) is 31.2 Å². The first-order valence-electron chi connectivity index (χ1n) is 8.20. The predicted molar refractivity (Wildman–Crippen MR) is 97.5 cm³/mol. The van der Waals surface area contributed by atoms with Crippen molar-refractivity contribution in [3.8, 4) is 0 Å². The summed E-state index contributed by atoms with van der Waals surface area (Å²) in [6.45, 7) is 4.60. The lowest BCUT2D eigenvalue weighted by Crippen LogP contribution is -2.53. The highest BCUT2D eigenvalue weighted by Gasteiger charge is 2.26. The molecule has 1 N–H and O–H groups in total. The molecule has 1 aliphatic rings. The number of hydrogen-bond acceptors (Lipinski definition) is 4. The van der Waals surface area contributed by atoms with Crippen LogP contribution in [0.1, 0.15) is 6.92 Å². The van der Waals surface area contributed by atoms with E-state index in [1.165, 1.54) is 12.3 Å². The molecule has 0 saturated carbocycles. The second-order valence-corrected chi connectivity index (χ2v) is 6.44. The largest absolute Gasteiger partial charge is 0.367 e. The molecular weight excluding hydrogens is 343 g/mol. The van der Waals surface area contributed by atoms with Crippen LogP contribution in [0.15, 0.2) is 42.6 Å². The molecular formula is C18H20ClFN4O. The predicted octanol–water partition coefficient (Wildman–Crippen LogP) is 3.02. The van der Waals surface area contributed by atoms with Crippen molar-refractivity contribution in [1.29, 1.82) is 0 Å². The fourth-order valence-corrected chi connectivity index (χ4v) is 3.02. The Balaban J connectivity index is 1.56. The Labute approximate surface area is 151 Å². The van der Waals surface area contributed by atoms with Crippen molar-refractivity contribution in [2.24, 2.45) is 0 Å². The van der Waals surface area contributed by atoms with Crippen LogP contribution in [0.25, 0.3) is 0 Å². The number of nitrogens with zero attached hydrogens (tertiary/aromatic N) is 3. The van der Waals surface area contributed by atoms with E-state index >= 15 is 0 Å². The lowest BCUT2D eigenvalue weighted by Gasteiger charge is -2.38. The fraction of sp³-hybridized carbons (Fsp3) is 0.333. The third-order valence-electron chi connectivity index (χ3n) is 4.41. The Hall–Kier alpha value is -2.18. The molecule has 1 aromatic carbocycles. The van der Waals surface area contributed by atoms with Gasteiger partial charge in [-0.1, -0.05) is 23.7 Å². The van der Waals surface area contributed by atoms with Crippen molar-refractivity contribution < 1.29 is 9.18 Å². The number of amides is 1. The van der Waals surface area contributed by atoms with E-state index < -0.39 is 0 Å². The average Bonchev–Trinajstić information content (AvgIpc) is 2.63. The number of aromatic nitrogens is 1. The molecule has 1 fully saturated rings. The second-order valence-electron chi connectivity index (χ2n) is 6.00. The lowest BCUT2D eigenvalue weighted by atomic mass is 10.2. The summed E-state index contributed by atoms with van der Waals surface area (Å²) in [6.07, 6.45) is 1.50. The Morgan fingerprint density at radius 3 is 2.56 bits per heavy atom. The van der Waals surface area contributed by atoms with Crippen LogP contribution >= 0.6 is 11.6 Å². The van der Waals surface area contributed by atoms with Crippen molar-refractivity contribution in [2.45, 2.75) is 13.0 Å². The highest BCUT2D eigenvalue weighted by atomic mass is 35.5. The zero-order chi connectivity index (χ0) is 17.8. The van der Waals surface area contributed by atoms with Gasteiger partial charge in [0.05, 0.1) is 16.8 Å². The zero-order valence-corrected chi connectivity index (χ0v) is 14.7.